The maximum atomic E-state index is 11.7. The van der Waals surface area contributed by atoms with Crippen molar-refractivity contribution < 1.29 is 27.5 Å². The third-order valence-electron chi connectivity index (χ3n) is 2.14. The standard InChI is InChI=1S/C12H21F3N2O3/c1-11(2,3)10(19)17-7-9(18)16-5-4-6-20-8-12(13,14)15/h4-8H2,1-3H3,(H,16,18)(H,17,19). The molecule has 0 aliphatic rings. The normalized spacial score (nSPS) is 12.1. The third-order valence-corrected chi connectivity index (χ3v) is 2.14. The molecule has 118 valence electrons. The minimum Gasteiger partial charge on any atom is -0.372 e. The molecule has 0 spiro atoms. The summed E-state index contributed by atoms with van der Waals surface area (Å²) in [7, 11) is 0. The first kappa shape index (κ1) is 18.7. The number of hydrogen-bond donors (Lipinski definition) is 2. The van der Waals surface area contributed by atoms with Gasteiger partial charge in [0.05, 0.1) is 6.54 Å². The van der Waals surface area contributed by atoms with Gasteiger partial charge in [-0.3, -0.25) is 9.59 Å². The van der Waals surface area contributed by atoms with Crippen LogP contribution in [0.4, 0.5) is 13.2 Å². The van der Waals surface area contributed by atoms with Crippen LogP contribution < -0.4 is 10.6 Å². The molecule has 0 atom stereocenters. The lowest BCUT2D eigenvalue weighted by molar-refractivity contribution is -0.174. The van der Waals surface area contributed by atoms with Crippen LogP contribution in [0.2, 0.25) is 0 Å². The lowest BCUT2D eigenvalue weighted by Gasteiger charge is -2.17. The quantitative estimate of drug-likeness (QED) is 0.695. The second-order valence-corrected chi connectivity index (χ2v) is 5.30. The van der Waals surface area contributed by atoms with E-state index in [2.05, 4.69) is 15.4 Å². The van der Waals surface area contributed by atoms with Gasteiger partial charge in [-0.1, -0.05) is 20.8 Å². The van der Waals surface area contributed by atoms with Crippen molar-refractivity contribution in [2.24, 2.45) is 5.41 Å². The molecule has 20 heavy (non-hydrogen) atoms. The molecule has 2 amide bonds. The second-order valence-electron chi connectivity index (χ2n) is 5.30. The van der Waals surface area contributed by atoms with E-state index in [0.29, 0.717) is 0 Å². The van der Waals surface area contributed by atoms with E-state index < -0.39 is 24.1 Å². The number of hydrogen-bond acceptors (Lipinski definition) is 3. The summed E-state index contributed by atoms with van der Waals surface area (Å²) < 4.78 is 39.6. The van der Waals surface area contributed by atoms with Crippen LogP contribution in [0.1, 0.15) is 27.2 Å². The molecule has 0 aliphatic heterocycles. The topological polar surface area (TPSA) is 67.4 Å². The molecular formula is C12H21F3N2O3. The average Bonchev–Trinajstić information content (AvgIpc) is 2.27. The van der Waals surface area contributed by atoms with Gasteiger partial charge in [0.15, 0.2) is 0 Å². The van der Waals surface area contributed by atoms with Crippen molar-refractivity contribution >= 4 is 11.8 Å². The van der Waals surface area contributed by atoms with Crippen molar-refractivity contribution in [3.8, 4) is 0 Å². The Bertz CT molecular complexity index is 325. The first-order valence-electron chi connectivity index (χ1n) is 6.22. The molecule has 0 saturated carbocycles. The number of carbonyl (C=O) groups excluding carboxylic acids is 2. The van der Waals surface area contributed by atoms with Gasteiger partial charge in [-0.2, -0.15) is 13.2 Å². The summed E-state index contributed by atoms with van der Waals surface area (Å²) in [4.78, 5) is 22.8. The number of rotatable bonds is 7. The number of halogens is 3. The number of alkyl halides is 3. The van der Waals surface area contributed by atoms with E-state index in [-0.39, 0.29) is 32.0 Å². The molecule has 2 N–H and O–H groups in total. The first-order valence-corrected chi connectivity index (χ1v) is 6.22. The van der Waals surface area contributed by atoms with Crippen LogP contribution in [-0.2, 0) is 14.3 Å². The fourth-order valence-electron chi connectivity index (χ4n) is 1.08. The molecule has 5 nitrogen and oxygen atoms in total. The van der Waals surface area contributed by atoms with Gasteiger partial charge < -0.3 is 15.4 Å². The second kappa shape index (κ2) is 8.08. The van der Waals surface area contributed by atoms with E-state index >= 15 is 0 Å². The van der Waals surface area contributed by atoms with Crippen LogP contribution in [-0.4, -0.2) is 44.3 Å². The average molecular weight is 298 g/mol. The monoisotopic (exact) mass is 298 g/mol. The summed E-state index contributed by atoms with van der Waals surface area (Å²) in [5.41, 5.74) is -0.578. The van der Waals surface area contributed by atoms with E-state index in [9.17, 15) is 22.8 Å². The van der Waals surface area contributed by atoms with Gasteiger partial charge in [0, 0.05) is 18.6 Å². The Labute approximate surface area is 116 Å². The number of amides is 2. The van der Waals surface area contributed by atoms with E-state index in [4.69, 9.17) is 0 Å². The lowest BCUT2D eigenvalue weighted by Crippen LogP contribution is -2.42. The molecular weight excluding hydrogens is 277 g/mol. The maximum absolute atomic E-state index is 11.7. The number of ether oxygens (including phenoxy) is 1. The Morgan fingerprint density at radius 1 is 1.10 bits per heavy atom. The van der Waals surface area contributed by atoms with Crippen LogP contribution in [0.3, 0.4) is 0 Å². The molecule has 0 aromatic carbocycles. The first-order chi connectivity index (χ1) is 9.02. The van der Waals surface area contributed by atoms with Crippen LogP contribution in [0.25, 0.3) is 0 Å². The van der Waals surface area contributed by atoms with Gasteiger partial charge in [0.1, 0.15) is 6.61 Å². The van der Waals surface area contributed by atoms with Crippen LogP contribution >= 0.6 is 0 Å². The van der Waals surface area contributed by atoms with E-state index in [1.54, 1.807) is 20.8 Å². The smallest absolute Gasteiger partial charge is 0.372 e. The highest BCUT2D eigenvalue weighted by molar-refractivity contribution is 5.87. The van der Waals surface area contributed by atoms with Crippen molar-refractivity contribution in [3.05, 3.63) is 0 Å². The summed E-state index contributed by atoms with van der Waals surface area (Å²) in [5, 5.41) is 4.94. The summed E-state index contributed by atoms with van der Waals surface area (Å²) in [6, 6.07) is 0. The molecule has 0 rings (SSSR count). The minimum absolute atomic E-state index is 0.0891. The molecule has 0 unspecified atom stereocenters. The molecule has 8 heteroatoms. The van der Waals surface area contributed by atoms with Crippen LogP contribution in [0.15, 0.2) is 0 Å². The molecule has 0 aromatic rings. The highest BCUT2D eigenvalue weighted by atomic mass is 19.4. The fraction of sp³-hybridized carbons (Fsp3) is 0.833. The van der Waals surface area contributed by atoms with E-state index in [1.165, 1.54) is 0 Å². The van der Waals surface area contributed by atoms with Gasteiger partial charge >= 0.3 is 6.18 Å². The molecule has 0 bridgehead atoms. The molecule has 0 aliphatic carbocycles. The Balaban J connectivity index is 3.58. The Morgan fingerprint density at radius 3 is 2.20 bits per heavy atom. The maximum Gasteiger partial charge on any atom is 0.411 e. The zero-order chi connectivity index (χ0) is 15.8. The molecule has 0 saturated heterocycles. The van der Waals surface area contributed by atoms with Gasteiger partial charge in [-0.15, -0.1) is 0 Å². The third kappa shape index (κ3) is 10.6. The molecule has 0 aromatic heterocycles. The fourth-order valence-corrected chi connectivity index (χ4v) is 1.08. The molecule has 0 heterocycles. The highest BCUT2D eigenvalue weighted by Crippen LogP contribution is 2.14. The largest absolute Gasteiger partial charge is 0.411 e. The Morgan fingerprint density at radius 2 is 1.70 bits per heavy atom. The van der Waals surface area contributed by atoms with Crippen LogP contribution in [0, 0.1) is 5.41 Å². The van der Waals surface area contributed by atoms with Crippen molar-refractivity contribution in [1.82, 2.24) is 10.6 Å². The summed E-state index contributed by atoms with van der Waals surface area (Å²) in [6.07, 6.45) is -4.06. The lowest BCUT2D eigenvalue weighted by atomic mass is 9.96. The van der Waals surface area contributed by atoms with Crippen molar-refractivity contribution in [1.29, 1.82) is 0 Å². The number of carbonyl (C=O) groups is 2. The highest BCUT2D eigenvalue weighted by Gasteiger charge is 2.27. The minimum atomic E-state index is -4.33. The summed E-state index contributed by atoms with van der Waals surface area (Å²) in [6.45, 7) is 3.83. The zero-order valence-corrected chi connectivity index (χ0v) is 11.9. The van der Waals surface area contributed by atoms with Crippen LogP contribution in [0.5, 0.6) is 0 Å². The SMILES string of the molecule is CC(C)(C)C(=O)NCC(=O)NCCCOCC(F)(F)F. The van der Waals surface area contributed by atoms with Gasteiger partial charge in [-0.25, -0.2) is 0 Å². The summed E-state index contributed by atoms with van der Waals surface area (Å²) in [5.74, 6) is -0.639. The number of nitrogens with one attached hydrogen (secondary N) is 2. The van der Waals surface area contributed by atoms with Crippen molar-refractivity contribution in [2.45, 2.75) is 33.4 Å². The zero-order valence-electron chi connectivity index (χ0n) is 11.9. The van der Waals surface area contributed by atoms with E-state index in [0.717, 1.165) is 0 Å². The Hall–Kier alpha value is -1.31. The van der Waals surface area contributed by atoms with Gasteiger partial charge in [0.2, 0.25) is 11.8 Å². The van der Waals surface area contributed by atoms with Crippen molar-refractivity contribution in [2.75, 3.05) is 26.3 Å². The van der Waals surface area contributed by atoms with Crippen molar-refractivity contribution in [3.63, 3.8) is 0 Å². The molecule has 0 fully saturated rings. The van der Waals surface area contributed by atoms with Gasteiger partial charge in [0.25, 0.3) is 0 Å². The Kier molecular flexibility index (Phi) is 7.55. The predicted octanol–water partition coefficient (Wildman–Crippen LogP) is 1.23. The van der Waals surface area contributed by atoms with Gasteiger partial charge in [-0.05, 0) is 6.42 Å². The predicted molar refractivity (Wildman–Crippen MR) is 67.0 cm³/mol. The summed E-state index contributed by atoms with van der Waals surface area (Å²) >= 11 is 0. The molecule has 0 radical (unpaired) electrons. The van der Waals surface area contributed by atoms with E-state index in [1.807, 2.05) is 0 Å².